The SMILES string of the molecule is Cc1c(C(=O)NCCn2nc(C(=O)N3CCOCC3)c3c2CCOC3)cnn1C. The normalized spacial score (nSPS) is 16.6. The summed E-state index contributed by atoms with van der Waals surface area (Å²) in [5.41, 5.74) is 3.71. The van der Waals surface area contributed by atoms with E-state index in [1.807, 2.05) is 11.6 Å². The third kappa shape index (κ3) is 3.90. The molecule has 0 spiro atoms. The smallest absolute Gasteiger partial charge is 0.274 e. The van der Waals surface area contributed by atoms with Crippen molar-refractivity contribution in [3.63, 3.8) is 0 Å². The Morgan fingerprint density at radius 2 is 2.00 bits per heavy atom. The van der Waals surface area contributed by atoms with E-state index in [4.69, 9.17) is 9.47 Å². The molecule has 2 aromatic rings. The minimum Gasteiger partial charge on any atom is -0.378 e. The van der Waals surface area contributed by atoms with E-state index in [0.717, 1.165) is 17.0 Å². The second kappa shape index (κ2) is 8.34. The Kier molecular flexibility index (Phi) is 5.63. The maximum absolute atomic E-state index is 13.0. The van der Waals surface area contributed by atoms with Crippen LogP contribution in [0.15, 0.2) is 6.20 Å². The number of morpholine rings is 1. The highest BCUT2D eigenvalue weighted by Crippen LogP contribution is 2.22. The van der Waals surface area contributed by atoms with Crippen molar-refractivity contribution in [3.8, 4) is 0 Å². The van der Waals surface area contributed by atoms with Crippen LogP contribution in [0.2, 0.25) is 0 Å². The zero-order valence-electron chi connectivity index (χ0n) is 16.8. The number of hydrogen-bond donors (Lipinski definition) is 1. The van der Waals surface area contributed by atoms with Gasteiger partial charge in [-0.1, -0.05) is 0 Å². The molecule has 0 aliphatic carbocycles. The van der Waals surface area contributed by atoms with E-state index in [-0.39, 0.29) is 11.8 Å². The number of nitrogens with zero attached hydrogens (tertiary/aromatic N) is 5. The van der Waals surface area contributed by atoms with Gasteiger partial charge in [0, 0.05) is 50.1 Å². The van der Waals surface area contributed by atoms with Gasteiger partial charge in [-0.25, -0.2) is 0 Å². The first kappa shape index (κ1) is 19.6. The molecule has 156 valence electrons. The molecule has 0 atom stereocenters. The summed E-state index contributed by atoms with van der Waals surface area (Å²) in [4.78, 5) is 27.1. The van der Waals surface area contributed by atoms with Gasteiger partial charge in [-0.05, 0) is 6.92 Å². The summed E-state index contributed by atoms with van der Waals surface area (Å²) in [6, 6.07) is 0. The monoisotopic (exact) mass is 402 g/mol. The average Bonchev–Trinajstić information content (AvgIpc) is 3.28. The fourth-order valence-electron chi connectivity index (χ4n) is 3.67. The molecule has 1 N–H and O–H groups in total. The molecule has 2 aliphatic heterocycles. The van der Waals surface area contributed by atoms with Crippen LogP contribution in [0.4, 0.5) is 0 Å². The molecule has 0 radical (unpaired) electrons. The van der Waals surface area contributed by atoms with Crippen LogP contribution >= 0.6 is 0 Å². The zero-order valence-corrected chi connectivity index (χ0v) is 16.8. The largest absolute Gasteiger partial charge is 0.378 e. The quantitative estimate of drug-likeness (QED) is 0.749. The van der Waals surface area contributed by atoms with Crippen molar-refractivity contribution in [1.29, 1.82) is 0 Å². The van der Waals surface area contributed by atoms with E-state index in [9.17, 15) is 9.59 Å². The Labute approximate surface area is 168 Å². The van der Waals surface area contributed by atoms with Gasteiger partial charge >= 0.3 is 0 Å². The fourth-order valence-corrected chi connectivity index (χ4v) is 3.67. The summed E-state index contributed by atoms with van der Waals surface area (Å²) in [6.07, 6.45) is 2.27. The number of ether oxygens (including phenoxy) is 2. The van der Waals surface area contributed by atoms with Gasteiger partial charge in [0.1, 0.15) is 0 Å². The predicted octanol–water partition coefficient (Wildman–Crippen LogP) is -0.0999. The molecule has 2 amide bonds. The highest BCUT2D eigenvalue weighted by Gasteiger charge is 2.29. The van der Waals surface area contributed by atoms with Crippen LogP contribution in [0.25, 0.3) is 0 Å². The highest BCUT2D eigenvalue weighted by molar-refractivity contribution is 5.95. The van der Waals surface area contributed by atoms with Crippen molar-refractivity contribution in [2.75, 3.05) is 39.5 Å². The van der Waals surface area contributed by atoms with Crippen LogP contribution in [-0.2, 0) is 36.1 Å². The molecule has 10 heteroatoms. The van der Waals surface area contributed by atoms with Crippen molar-refractivity contribution in [2.24, 2.45) is 7.05 Å². The maximum atomic E-state index is 13.0. The number of hydrogen-bond acceptors (Lipinski definition) is 6. The van der Waals surface area contributed by atoms with Crippen molar-refractivity contribution < 1.29 is 19.1 Å². The molecule has 0 bridgehead atoms. The first-order valence-electron chi connectivity index (χ1n) is 9.86. The Morgan fingerprint density at radius 1 is 1.21 bits per heavy atom. The molecule has 4 rings (SSSR count). The molecule has 1 saturated heterocycles. The van der Waals surface area contributed by atoms with Crippen molar-refractivity contribution in [2.45, 2.75) is 26.5 Å². The van der Waals surface area contributed by atoms with Crippen LogP contribution in [0.3, 0.4) is 0 Å². The van der Waals surface area contributed by atoms with Crippen LogP contribution in [0, 0.1) is 6.92 Å². The van der Waals surface area contributed by atoms with Crippen LogP contribution in [0.5, 0.6) is 0 Å². The molecule has 0 unspecified atom stereocenters. The first-order chi connectivity index (χ1) is 14.1. The number of carbonyl (C=O) groups is 2. The molecule has 10 nitrogen and oxygen atoms in total. The van der Waals surface area contributed by atoms with E-state index < -0.39 is 0 Å². The molecular formula is C19H26N6O4. The lowest BCUT2D eigenvalue weighted by atomic mass is 10.1. The molecule has 2 aromatic heterocycles. The van der Waals surface area contributed by atoms with Gasteiger partial charge in [0.05, 0.1) is 44.7 Å². The van der Waals surface area contributed by atoms with Crippen LogP contribution < -0.4 is 5.32 Å². The third-order valence-corrected chi connectivity index (χ3v) is 5.49. The Morgan fingerprint density at radius 3 is 2.72 bits per heavy atom. The maximum Gasteiger partial charge on any atom is 0.274 e. The average molecular weight is 402 g/mol. The molecule has 29 heavy (non-hydrogen) atoms. The summed E-state index contributed by atoms with van der Waals surface area (Å²) >= 11 is 0. The van der Waals surface area contributed by atoms with Gasteiger partial charge in [-0.15, -0.1) is 0 Å². The standard InChI is InChI=1S/C19H26N6O4/c1-13-14(11-21-23(13)2)18(26)20-4-5-25-16-3-8-29-12-15(16)17(22-25)19(27)24-6-9-28-10-7-24/h11H,3-10,12H2,1-2H3,(H,20,26). The molecule has 0 aromatic carbocycles. The topological polar surface area (TPSA) is 104 Å². The lowest BCUT2D eigenvalue weighted by Gasteiger charge is -2.26. The van der Waals surface area contributed by atoms with Gasteiger partial charge in [-0.2, -0.15) is 10.2 Å². The lowest BCUT2D eigenvalue weighted by molar-refractivity contribution is 0.0294. The minimum atomic E-state index is -0.162. The van der Waals surface area contributed by atoms with Gasteiger partial charge in [-0.3, -0.25) is 19.0 Å². The first-order valence-corrected chi connectivity index (χ1v) is 9.86. The van der Waals surface area contributed by atoms with E-state index in [1.54, 1.807) is 22.8 Å². The molecule has 2 aliphatic rings. The van der Waals surface area contributed by atoms with Crippen molar-refractivity contribution >= 4 is 11.8 Å². The summed E-state index contributed by atoms with van der Waals surface area (Å²) in [5.74, 6) is -0.242. The van der Waals surface area contributed by atoms with Crippen LogP contribution in [0.1, 0.15) is 37.8 Å². The Bertz CT molecular complexity index is 912. The lowest BCUT2D eigenvalue weighted by Crippen LogP contribution is -2.41. The number of amides is 2. The number of aromatic nitrogens is 4. The number of fused-ring (bicyclic) bond motifs is 1. The zero-order chi connectivity index (χ0) is 20.4. The summed E-state index contributed by atoms with van der Waals surface area (Å²) in [7, 11) is 1.80. The number of carbonyl (C=O) groups excluding carboxylic acids is 2. The number of nitrogens with one attached hydrogen (secondary N) is 1. The van der Waals surface area contributed by atoms with Gasteiger partial charge in [0.2, 0.25) is 0 Å². The highest BCUT2D eigenvalue weighted by atomic mass is 16.5. The Balaban J connectivity index is 1.46. The van der Waals surface area contributed by atoms with Crippen LogP contribution in [-0.4, -0.2) is 75.7 Å². The Hall–Kier alpha value is -2.72. The summed E-state index contributed by atoms with van der Waals surface area (Å²) in [6.45, 7) is 5.99. The minimum absolute atomic E-state index is 0.0798. The second-order valence-electron chi connectivity index (χ2n) is 7.23. The summed E-state index contributed by atoms with van der Waals surface area (Å²) < 4.78 is 14.4. The fraction of sp³-hybridized carbons (Fsp3) is 0.579. The molecule has 1 fully saturated rings. The van der Waals surface area contributed by atoms with Crippen molar-refractivity contribution in [1.82, 2.24) is 29.8 Å². The van der Waals surface area contributed by atoms with Gasteiger partial charge < -0.3 is 19.7 Å². The predicted molar refractivity (Wildman–Crippen MR) is 103 cm³/mol. The van der Waals surface area contributed by atoms with Gasteiger partial charge in [0.15, 0.2) is 5.69 Å². The second-order valence-corrected chi connectivity index (χ2v) is 7.23. The molecular weight excluding hydrogens is 376 g/mol. The molecule has 0 saturated carbocycles. The van der Waals surface area contributed by atoms with Gasteiger partial charge in [0.25, 0.3) is 11.8 Å². The van der Waals surface area contributed by atoms with Crippen molar-refractivity contribution in [3.05, 3.63) is 34.4 Å². The van der Waals surface area contributed by atoms with E-state index in [0.29, 0.717) is 70.3 Å². The third-order valence-electron chi connectivity index (χ3n) is 5.49. The van der Waals surface area contributed by atoms with E-state index in [1.165, 1.54) is 0 Å². The number of aryl methyl sites for hydroxylation is 1. The molecule has 4 heterocycles. The summed E-state index contributed by atoms with van der Waals surface area (Å²) in [5, 5.41) is 11.6. The van der Waals surface area contributed by atoms with E-state index in [2.05, 4.69) is 15.5 Å². The number of rotatable bonds is 5. The van der Waals surface area contributed by atoms with E-state index >= 15 is 0 Å².